The first-order valence-corrected chi connectivity index (χ1v) is 7.43. The predicted molar refractivity (Wildman–Crippen MR) is 82.8 cm³/mol. The van der Waals surface area contributed by atoms with Crippen LogP contribution in [-0.2, 0) is 0 Å². The fourth-order valence-corrected chi connectivity index (χ4v) is 2.10. The number of halogens is 1. The average molecular weight is 279 g/mol. The third-order valence-corrected chi connectivity index (χ3v) is 2.92. The van der Waals surface area contributed by atoms with Gasteiger partial charge in [0, 0.05) is 12.3 Å². The molecule has 0 heterocycles. The Labute approximate surface area is 122 Å². The summed E-state index contributed by atoms with van der Waals surface area (Å²) in [7, 11) is 0. The number of rotatable bonds is 6. The molecule has 0 spiro atoms. The number of hydrogen-bond donors (Lipinski definition) is 0. The molecule has 1 aromatic carbocycles. The molecule has 0 saturated heterocycles. The summed E-state index contributed by atoms with van der Waals surface area (Å²) in [6.07, 6.45) is 1.89. The lowest BCUT2D eigenvalue weighted by Gasteiger charge is -2.15. The molecule has 0 amide bonds. The molecule has 0 aliphatic rings. The summed E-state index contributed by atoms with van der Waals surface area (Å²) in [4.78, 5) is 0. The molecule has 19 heavy (non-hydrogen) atoms. The summed E-state index contributed by atoms with van der Waals surface area (Å²) in [5.74, 6) is 8.88. The fraction of sp³-hybridized carbons (Fsp3) is 0.529. The Bertz CT molecular complexity index is 428. The summed E-state index contributed by atoms with van der Waals surface area (Å²) in [5.41, 5.74) is 0.948. The molecule has 2 heteroatoms. The zero-order chi connectivity index (χ0) is 14.1. The van der Waals surface area contributed by atoms with Crippen LogP contribution in [0.3, 0.4) is 0 Å². The number of para-hydroxylation sites is 1. The van der Waals surface area contributed by atoms with Gasteiger partial charge in [-0.15, -0.1) is 11.6 Å². The smallest absolute Gasteiger partial charge is 0.134 e. The molecule has 0 N–H and O–H groups in total. The molecule has 0 saturated carbocycles. The van der Waals surface area contributed by atoms with E-state index in [1.807, 2.05) is 24.3 Å². The number of benzene rings is 1. The van der Waals surface area contributed by atoms with E-state index in [0.29, 0.717) is 24.1 Å². The van der Waals surface area contributed by atoms with E-state index in [1.165, 1.54) is 6.42 Å². The summed E-state index contributed by atoms with van der Waals surface area (Å²) >= 11 is 5.62. The van der Waals surface area contributed by atoms with Crippen molar-refractivity contribution in [2.24, 2.45) is 11.8 Å². The molecular formula is C17H23ClO. The summed E-state index contributed by atoms with van der Waals surface area (Å²) in [6, 6.07) is 7.93. The van der Waals surface area contributed by atoms with Crippen molar-refractivity contribution in [3.63, 3.8) is 0 Å². The third kappa shape index (κ3) is 6.55. The summed E-state index contributed by atoms with van der Waals surface area (Å²) < 4.78 is 5.90. The van der Waals surface area contributed by atoms with Crippen LogP contribution in [-0.4, -0.2) is 12.5 Å². The van der Waals surface area contributed by atoms with Gasteiger partial charge in [-0.3, -0.25) is 0 Å². The predicted octanol–water partition coefficient (Wildman–Crippen LogP) is 4.73. The van der Waals surface area contributed by atoms with Gasteiger partial charge in [-0.2, -0.15) is 0 Å². The molecule has 0 fully saturated rings. The highest BCUT2D eigenvalue weighted by molar-refractivity contribution is 6.18. The van der Waals surface area contributed by atoms with Gasteiger partial charge >= 0.3 is 0 Å². The van der Waals surface area contributed by atoms with E-state index in [2.05, 4.69) is 32.6 Å². The Balaban J connectivity index is 2.61. The highest BCUT2D eigenvalue weighted by atomic mass is 35.5. The van der Waals surface area contributed by atoms with Gasteiger partial charge in [0.15, 0.2) is 0 Å². The van der Waals surface area contributed by atoms with Gasteiger partial charge in [0.2, 0.25) is 0 Å². The normalized spacial score (nSPS) is 11.8. The number of hydrogen-bond acceptors (Lipinski definition) is 1. The molecule has 1 atom stereocenters. The van der Waals surface area contributed by atoms with E-state index >= 15 is 0 Å². The fourth-order valence-electron chi connectivity index (χ4n) is 2.01. The van der Waals surface area contributed by atoms with Crippen molar-refractivity contribution in [1.29, 1.82) is 0 Å². The van der Waals surface area contributed by atoms with E-state index in [9.17, 15) is 0 Å². The van der Waals surface area contributed by atoms with Crippen LogP contribution in [0.25, 0.3) is 0 Å². The molecule has 0 bridgehead atoms. The van der Waals surface area contributed by atoms with Crippen LogP contribution in [0.4, 0.5) is 0 Å². The van der Waals surface area contributed by atoms with E-state index in [-0.39, 0.29) is 0 Å². The molecule has 0 aliphatic heterocycles. The van der Waals surface area contributed by atoms with E-state index in [1.54, 1.807) is 0 Å². The van der Waals surface area contributed by atoms with Gasteiger partial charge in [0.25, 0.3) is 0 Å². The Kier molecular flexibility index (Phi) is 7.45. The Morgan fingerprint density at radius 1 is 1.21 bits per heavy atom. The minimum Gasteiger partial charge on any atom is -0.492 e. The highest BCUT2D eigenvalue weighted by Gasteiger charge is 2.07. The molecule has 1 unspecified atom stereocenters. The Morgan fingerprint density at radius 3 is 2.63 bits per heavy atom. The third-order valence-electron chi connectivity index (χ3n) is 2.73. The molecule has 0 aliphatic carbocycles. The monoisotopic (exact) mass is 278 g/mol. The van der Waals surface area contributed by atoms with Gasteiger partial charge in [0.05, 0.1) is 12.2 Å². The number of ether oxygens (including phenoxy) is 1. The Hall–Kier alpha value is -1.13. The lowest BCUT2D eigenvalue weighted by molar-refractivity contribution is 0.238. The van der Waals surface area contributed by atoms with Crippen molar-refractivity contribution < 1.29 is 4.74 Å². The molecule has 0 radical (unpaired) electrons. The first-order valence-electron chi connectivity index (χ1n) is 6.90. The Morgan fingerprint density at radius 2 is 1.95 bits per heavy atom. The topological polar surface area (TPSA) is 9.23 Å². The first-order chi connectivity index (χ1) is 9.13. The zero-order valence-electron chi connectivity index (χ0n) is 12.1. The van der Waals surface area contributed by atoms with Crippen molar-refractivity contribution in [1.82, 2.24) is 0 Å². The van der Waals surface area contributed by atoms with Gasteiger partial charge in [-0.1, -0.05) is 44.7 Å². The van der Waals surface area contributed by atoms with Crippen LogP contribution in [0.5, 0.6) is 5.75 Å². The average Bonchev–Trinajstić information content (AvgIpc) is 2.37. The van der Waals surface area contributed by atoms with Crippen molar-refractivity contribution >= 4 is 11.6 Å². The van der Waals surface area contributed by atoms with Crippen LogP contribution in [0.1, 0.15) is 39.2 Å². The van der Waals surface area contributed by atoms with Gasteiger partial charge in [-0.25, -0.2) is 0 Å². The largest absolute Gasteiger partial charge is 0.492 e. The molecule has 1 rings (SSSR count). The quantitative estimate of drug-likeness (QED) is 0.540. The molecular weight excluding hydrogens is 256 g/mol. The zero-order valence-corrected chi connectivity index (χ0v) is 12.8. The highest BCUT2D eigenvalue weighted by Crippen LogP contribution is 2.19. The van der Waals surface area contributed by atoms with Crippen molar-refractivity contribution in [2.75, 3.05) is 12.5 Å². The first kappa shape index (κ1) is 15.9. The maximum atomic E-state index is 5.90. The van der Waals surface area contributed by atoms with Gasteiger partial charge in [0.1, 0.15) is 5.75 Å². The molecule has 1 nitrogen and oxygen atoms in total. The number of alkyl halides is 1. The van der Waals surface area contributed by atoms with E-state index < -0.39 is 0 Å². The standard InChI is InChI=1S/C17H23ClO/c1-14(2)12-15(3)13-19-17-10-5-4-8-16(17)9-6-7-11-18/h4-5,8,10,14-15H,7,11-13H2,1-3H3. The van der Waals surface area contributed by atoms with Crippen LogP contribution < -0.4 is 4.74 Å². The maximum Gasteiger partial charge on any atom is 0.134 e. The van der Waals surface area contributed by atoms with Gasteiger partial charge in [-0.05, 0) is 30.4 Å². The molecule has 104 valence electrons. The molecule has 0 aromatic heterocycles. The second kappa shape index (κ2) is 8.88. The van der Waals surface area contributed by atoms with Crippen LogP contribution >= 0.6 is 11.6 Å². The van der Waals surface area contributed by atoms with Crippen LogP contribution in [0.15, 0.2) is 24.3 Å². The minimum absolute atomic E-state index is 0.559. The van der Waals surface area contributed by atoms with Gasteiger partial charge < -0.3 is 4.74 Å². The van der Waals surface area contributed by atoms with Crippen molar-refractivity contribution in [2.45, 2.75) is 33.6 Å². The second-order valence-corrected chi connectivity index (χ2v) is 5.66. The maximum absolute atomic E-state index is 5.90. The van der Waals surface area contributed by atoms with Crippen LogP contribution in [0, 0.1) is 23.7 Å². The molecule has 1 aromatic rings. The SMILES string of the molecule is CC(C)CC(C)COc1ccccc1C#CCCCl. The van der Waals surface area contributed by atoms with E-state index in [0.717, 1.165) is 17.9 Å². The summed E-state index contributed by atoms with van der Waals surface area (Å²) in [5, 5.41) is 0. The van der Waals surface area contributed by atoms with Crippen molar-refractivity contribution in [3.05, 3.63) is 29.8 Å². The minimum atomic E-state index is 0.559. The summed E-state index contributed by atoms with van der Waals surface area (Å²) in [6.45, 7) is 7.44. The lowest BCUT2D eigenvalue weighted by atomic mass is 10.00. The lowest BCUT2D eigenvalue weighted by Crippen LogP contribution is -2.11. The van der Waals surface area contributed by atoms with Crippen molar-refractivity contribution in [3.8, 4) is 17.6 Å². The van der Waals surface area contributed by atoms with E-state index in [4.69, 9.17) is 16.3 Å². The van der Waals surface area contributed by atoms with Crippen LogP contribution in [0.2, 0.25) is 0 Å². The second-order valence-electron chi connectivity index (χ2n) is 5.28.